The molecular weight excluding hydrogens is 567 g/mol. The number of aromatic carboxylic acids is 1. The highest BCUT2D eigenvalue weighted by atomic mass is 19.4. The Labute approximate surface area is 250 Å². The Morgan fingerprint density at radius 2 is 1.70 bits per heavy atom. The fourth-order valence-electron chi connectivity index (χ4n) is 5.40. The number of carboxylic acids is 1. The third-order valence-electron chi connectivity index (χ3n) is 7.40. The Morgan fingerprint density at radius 3 is 2.45 bits per heavy atom. The molecule has 0 aliphatic heterocycles. The second-order valence-electron chi connectivity index (χ2n) is 10.4. The molecule has 1 N–H and O–H groups in total. The van der Waals surface area contributed by atoms with Crippen molar-refractivity contribution in [3.8, 4) is 17.5 Å². The van der Waals surface area contributed by atoms with Crippen molar-refractivity contribution < 1.29 is 23.1 Å². The molecule has 0 spiro atoms. The van der Waals surface area contributed by atoms with Crippen LogP contribution in [0.5, 0.6) is 0 Å². The molecule has 6 aromatic rings. The van der Waals surface area contributed by atoms with E-state index in [1.54, 1.807) is 24.3 Å². The fraction of sp³-hybridized carbons (Fsp3) is 0.176. The van der Waals surface area contributed by atoms with Crippen LogP contribution in [0.3, 0.4) is 0 Å². The van der Waals surface area contributed by atoms with Crippen LogP contribution >= 0.6 is 0 Å². The second-order valence-corrected chi connectivity index (χ2v) is 10.4. The van der Waals surface area contributed by atoms with Gasteiger partial charge < -0.3 is 9.67 Å². The smallest absolute Gasteiger partial charge is 0.417 e. The number of aromatic nitrogens is 5. The number of carbonyl (C=O) groups is 1. The van der Waals surface area contributed by atoms with Crippen molar-refractivity contribution in [2.45, 2.75) is 39.9 Å². The van der Waals surface area contributed by atoms with Crippen molar-refractivity contribution in [3.63, 3.8) is 0 Å². The maximum absolute atomic E-state index is 13.7. The van der Waals surface area contributed by atoms with Gasteiger partial charge in [0.05, 0.1) is 28.9 Å². The highest BCUT2D eigenvalue weighted by Crippen LogP contribution is 2.32. The predicted octanol–water partition coefficient (Wildman–Crippen LogP) is 7.11. The number of carboxylic acid groups (broad SMARTS) is 1. The summed E-state index contributed by atoms with van der Waals surface area (Å²) in [5, 5.41) is 15.1. The largest absolute Gasteiger partial charge is 0.478 e. The van der Waals surface area contributed by atoms with E-state index >= 15 is 0 Å². The molecule has 0 aliphatic rings. The molecule has 44 heavy (non-hydrogen) atoms. The van der Waals surface area contributed by atoms with E-state index in [2.05, 4.69) is 21.5 Å². The van der Waals surface area contributed by atoms with Gasteiger partial charge in [0.2, 0.25) is 0 Å². The van der Waals surface area contributed by atoms with Gasteiger partial charge >= 0.3 is 12.1 Å². The van der Waals surface area contributed by atoms with E-state index < -0.39 is 17.7 Å². The van der Waals surface area contributed by atoms with Gasteiger partial charge in [-0.1, -0.05) is 43.2 Å². The average Bonchev–Trinajstić information content (AvgIpc) is 3.53. The summed E-state index contributed by atoms with van der Waals surface area (Å²) >= 11 is 0. The van der Waals surface area contributed by atoms with Gasteiger partial charge in [0, 0.05) is 23.1 Å². The average molecular weight is 594 g/mol. The Morgan fingerprint density at radius 1 is 0.955 bits per heavy atom. The van der Waals surface area contributed by atoms with Crippen LogP contribution in [0.1, 0.15) is 56.7 Å². The van der Waals surface area contributed by atoms with E-state index in [0.29, 0.717) is 23.9 Å². The van der Waals surface area contributed by atoms with Crippen molar-refractivity contribution in [2.24, 2.45) is 0 Å². The molecule has 3 aromatic carbocycles. The zero-order valence-corrected chi connectivity index (χ0v) is 24.1. The van der Waals surface area contributed by atoms with Crippen LogP contribution in [-0.2, 0) is 19.1 Å². The first-order valence-electron chi connectivity index (χ1n) is 13.9. The summed E-state index contributed by atoms with van der Waals surface area (Å²) in [5.74, 6) is 5.30. The normalized spacial score (nSPS) is 11.6. The number of fused-ring (bicyclic) bond motifs is 2. The summed E-state index contributed by atoms with van der Waals surface area (Å²) in [6, 6.07) is 19.0. The fourth-order valence-corrected chi connectivity index (χ4v) is 5.40. The van der Waals surface area contributed by atoms with Gasteiger partial charge in [0.1, 0.15) is 17.0 Å². The molecule has 0 fully saturated rings. The highest BCUT2D eigenvalue weighted by molar-refractivity contribution is 5.93. The minimum Gasteiger partial charge on any atom is -0.478 e. The van der Waals surface area contributed by atoms with Gasteiger partial charge in [-0.05, 0) is 73.4 Å². The number of aryl methyl sites for hydroxylation is 3. The Kier molecular flexibility index (Phi) is 7.17. The van der Waals surface area contributed by atoms with Crippen LogP contribution in [0.4, 0.5) is 13.2 Å². The van der Waals surface area contributed by atoms with Crippen LogP contribution in [0, 0.1) is 25.7 Å². The van der Waals surface area contributed by atoms with Crippen molar-refractivity contribution >= 4 is 28.0 Å². The molecule has 3 aromatic heterocycles. The molecule has 0 atom stereocenters. The van der Waals surface area contributed by atoms with E-state index in [9.17, 15) is 23.1 Å². The molecule has 3 heterocycles. The van der Waals surface area contributed by atoms with Gasteiger partial charge in [0.25, 0.3) is 0 Å². The van der Waals surface area contributed by atoms with Gasteiger partial charge in [-0.3, -0.25) is 0 Å². The molecule has 0 aliphatic carbocycles. The predicted molar refractivity (Wildman–Crippen MR) is 161 cm³/mol. The van der Waals surface area contributed by atoms with Crippen LogP contribution in [0.15, 0.2) is 72.8 Å². The lowest BCUT2D eigenvalue weighted by molar-refractivity contribution is -0.137. The molecule has 0 radical (unpaired) electrons. The number of halogens is 3. The lowest BCUT2D eigenvalue weighted by Gasteiger charge is -2.09. The van der Waals surface area contributed by atoms with Crippen LogP contribution in [0.2, 0.25) is 0 Å². The number of imidazole rings is 1. The molecule has 0 unspecified atom stereocenters. The van der Waals surface area contributed by atoms with E-state index in [-0.39, 0.29) is 22.5 Å². The molecular formula is C34H26F3N5O2. The number of alkyl halides is 3. The summed E-state index contributed by atoms with van der Waals surface area (Å²) in [4.78, 5) is 21.7. The molecule has 0 bridgehead atoms. The Hall–Kier alpha value is -5.43. The molecule has 6 rings (SSSR count). The Bertz CT molecular complexity index is 2150. The lowest BCUT2D eigenvalue weighted by atomic mass is 10.1. The molecule has 0 saturated heterocycles. The minimum atomic E-state index is -4.59. The number of para-hydroxylation sites is 1. The van der Waals surface area contributed by atoms with Crippen LogP contribution in [-0.4, -0.2) is 35.4 Å². The molecule has 220 valence electrons. The maximum Gasteiger partial charge on any atom is 0.417 e. The summed E-state index contributed by atoms with van der Waals surface area (Å²) < 4.78 is 44.7. The standard InChI is InChI=1S/C34H26F3N5O2/c1-4-30-39-31-20(2)17-21(3)38-32(31)41(30)19-22-13-15-27-25(18-22)29(16-14-23-9-5-7-11-26(23)34(35,36)37)42(40-27)28-12-8-6-10-24(28)33(43)44/h5-13,15,17-18H,4,19H2,1-3H3,(H,43,44). The van der Waals surface area contributed by atoms with E-state index in [0.717, 1.165) is 39.9 Å². The topological polar surface area (TPSA) is 85.8 Å². The first kappa shape index (κ1) is 28.7. The van der Waals surface area contributed by atoms with Gasteiger partial charge in [-0.2, -0.15) is 18.3 Å². The molecule has 10 heteroatoms. The van der Waals surface area contributed by atoms with Crippen molar-refractivity contribution in [2.75, 3.05) is 0 Å². The summed E-state index contributed by atoms with van der Waals surface area (Å²) in [6.07, 6.45) is -3.90. The monoisotopic (exact) mass is 593 g/mol. The SMILES string of the molecule is CCc1nc2c(C)cc(C)nc2n1Cc1ccc2nn(-c3ccccc3C(=O)O)c(C#Cc3ccccc3C(F)(F)F)c2c1. The third-order valence-corrected chi connectivity index (χ3v) is 7.40. The molecule has 0 saturated carbocycles. The minimum absolute atomic E-state index is 0.0199. The summed E-state index contributed by atoms with van der Waals surface area (Å²) in [6.45, 7) is 6.41. The zero-order valence-electron chi connectivity index (χ0n) is 24.1. The van der Waals surface area contributed by atoms with Crippen molar-refractivity contribution in [1.82, 2.24) is 24.3 Å². The third kappa shape index (κ3) is 5.17. The molecule has 7 nitrogen and oxygen atoms in total. The van der Waals surface area contributed by atoms with E-state index in [1.165, 1.54) is 28.9 Å². The first-order valence-corrected chi connectivity index (χ1v) is 13.9. The number of pyridine rings is 1. The highest BCUT2D eigenvalue weighted by Gasteiger charge is 2.32. The van der Waals surface area contributed by atoms with Crippen LogP contribution < -0.4 is 0 Å². The second kappa shape index (κ2) is 11.0. The summed E-state index contributed by atoms with van der Waals surface area (Å²) in [7, 11) is 0. The number of hydrogen-bond donors (Lipinski definition) is 1. The van der Waals surface area contributed by atoms with Gasteiger partial charge in [-0.25, -0.2) is 19.4 Å². The quantitative estimate of drug-likeness (QED) is 0.215. The van der Waals surface area contributed by atoms with Gasteiger partial charge in [0.15, 0.2) is 5.65 Å². The van der Waals surface area contributed by atoms with E-state index in [1.807, 2.05) is 39.0 Å². The number of rotatable bonds is 5. The van der Waals surface area contributed by atoms with Crippen molar-refractivity contribution in [1.29, 1.82) is 0 Å². The maximum atomic E-state index is 13.7. The zero-order chi connectivity index (χ0) is 31.2. The number of hydrogen-bond acceptors (Lipinski definition) is 4. The van der Waals surface area contributed by atoms with Gasteiger partial charge in [-0.15, -0.1) is 0 Å². The van der Waals surface area contributed by atoms with Crippen LogP contribution in [0.25, 0.3) is 27.8 Å². The lowest BCUT2D eigenvalue weighted by Crippen LogP contribution is -2.08. The van der Waals surface area contributed by atoms with Crippen molar-refractivity contribution in [3.05, 3.63) is 118 Å². The van der Waals surface area contributed by atoms with E-state index in [4.69, 9.17) is 9.97 Å². The summed E-state index contributed by atoms with van der Waals surface area (Å²) in [5.41, 5.74) is 4.35. The molecule has 0 amide bonds. The number of benzene rings is 3. The Balaban J connectivity index is 1.56. The first-order chi connectivity index (χ1) is 21.0. The number of nitrogens with zero attached hydrogens (tertiary/aromatic N) is 5.